The normalized spacial score (nSPS) is 29.2. The van der Waals surface area contributed by atoms with E-state index >= 15 is 0 Å². The number of carbonyl (C=O) groups excluding carboxylic acids is 4. The second-order valence-electron chi connectivity index (χ2n) is 13.5. The van der Waals surface area contributed by atoms with Crippen LogP contribution < -0.4 is 10.2 Å². The van der Waals surface area contributed by atoms with Crippen LogP contribution >= 0.6 is 0 Å². The third kappa shape index (κ3) is 6.18. The van der Waals surface area contributed by atoms with E-state index in [1.807, 2.05) is 41.8 Å². The molecule has 4 amide bonds. The van der Waals surface area contributed by atoms with E-state index in [0.29, 0.717) is 38.9 Å². The largest absolute Gasteiger partial charge is 0.381 e. The first-order valence-corrected chi connectivity index (χ1v) is 16.2. The predicted molar refractivity (Wildman–Crippen MR) is 162 cm³/mol. The first kappa shape index (κ1) is 30.1. The van der Waals surface area contributed by atoms with Crippen molar-refractivity contribution in [3.63, 3.8) is 0 Å². The van der Waals surface area contributed by atoms with Gasteiger partial charge in [0, 0.05) is 81.6 Å². The van der Waals surface area contributed by atoms with Crippen molar-refractivity contribution in [1.29, 1.82) is 0 Å². The van der Waals surface area contributed by atoms with E-state index in [4.69, 9.17) is 4.74 Å². The van der Waals surface area contributed by atoms with Crippen LogP contribution in [0.1, 0.15) is 50.2 Å². The van der Waals surface area contributed by atoms with E-state index in [-0.39, 0.29) is 59.8 Å². The zero-order valence-corrected chi connectivity index (χ0v) is 25.9. The lowest BCUT2D eigenvalue weighted by Gasteiger charge is -2.48. The molecule has 1 aromatic carbocycles. The number of hydrogen-bond donors (Lipinski definition) is 1. The number of piperidine rings is 3. The van der Waals surface area contributed by atoms with Crippen LogP contribution in [0, 0.1) is 37.5 Å². The number of benzene rings is 1. The number of rotatable bonds is 5. The Labute approximate surface area is 255 Å². The topological polar surface area (TPSA) is 102 Å². The molecule has 0 aliphatic carbocycles. The highest BCUT2D eigenvalue weighted by molar-refractivity contribution is 6.01. The van der Waals surface area contributed by atoms with Crippen molar-refractivity contribution in [1.82, 2.24) is 20.0 Å². The van der Waals surface area contributed by atoms with Gasteiger partial charge >= 0.3 is 0 Å². The molecule has 5 heterocycles. The van der Waals surface area contributed by atoms with Crippen molar-refractivity contribution < 1.29 is 23.9 Å². The third-order valence-electron chi connectivity index (χ3n) is 10.7. The summed E-state index contributed by atoms with van der Waals surface area (Å²) in [6, 6.07) is 6.46. The van der Waals surface area contributed by atoms with Gasteiger partial charge in [0.15, 0.2) is 0 Å². The zero-order chi connectivity index (χ0) is 30.2. The maximum Gasteiger partial charge on any atom is 0.227 e. The molecule has 4 atom stereocenters. The van der Waals surface area contributed by atoms with Gasteiger partial charge in [-0.2, -0.15) is 0 Å². The second-order valence-corrected chi connectivity index (χ2v) is 13.5. The van der Waals surface area contributed by atoms with Crippen LogP contribution in [0.3, 0.4) is 0 Å². The number of anilines is 1. The van der Waals surface area contributed by atoms with Crippen molar-refractivity contribution >= 4 is 29.3 Å². The van der Waals surface area contributed by atoms with Crippen molar-refractivity contribution in [2.45, 2.75) is 65.0 Å². The summed E-state index contributed by atoms with van der Waals surface area (Å²) in [6.45, 7) is 11.8. The fraction of sp³-hybridized carbons (Fsp3) is 0.697. The quantitative estimate of drug-likeness (QED) is 0.560. The van der Waals surface area contributed by atoms with E-state index in [9.17, 15) is 19.2 Å². The Hall–Kier alpha value is -2.98. The van der Waals surface area contributed by atoms with Crippen molar-refractivity contribution in [3.8, 4) is 0 Å². The molecule has 2 bridgehead atoms. The predicted octanol–water partition coefficient (Wildman–Crippen LogP) is 1.97. The van der Waals surface area contributed by atoms with Gasteiger partial charge in [0.05, 0.1) is 19.1 Å². The highest BCUT2D eigenvalue weighted by atomic mass is 16.5. The summed E-state index contributed by atoms with van der Waals surface area (Å²) in [4.78, 5) is 60.1. The lowest BCUT2D eigenvalue weighted by atomic mass is 9.81. The van der Waals surface area contributed by atoms with Gasteiger partial charge in [0.25, 0.3) is 0 Å². The van der Waals surface area contributed by atoms with Crippen molar-refractivity contribution in [2.24, 2.45) is 23.7 Å². The van der Waals surface area contributed by atoms with Crippen LogP contribution in [0.4, 0.5) is 5.69 Å². The minimum atomic E-state index is -0.382. The molecule has 43 heavy (non-hydrogen) atoms. The minimum absolute atomic E-state index is 0.00550. The average Bonchev–Trinajstić information content (AvgIpc) is 3.37. The van der Waals surface area contributed by atoms with Crippen LogP contribution in [0.25, 0.3) is 0 Å². The van der Waals surface area contributed by atoms with Crippen molar-refractivity contribution in [3.05, 3.63) is 29.3 Å². The molecule has 10 heteroatoms. The van der Waals surface area contributed by atoms with Gasteiger partial charge in [-0.25, -0.2) is 0 Å². The molecule has 6 rings (SSSR count). The van der Waals surface area contributed by atoms with E-state index < -0.39 is 0 Å². The van der Waals surface area contributed by atoms with Gasteiger partial charge in [0.1, 0.15) is 0 Å². The van der Waals surface area contributed by atoms with Crippen LogP contribution in [0.5, 0.6) is 0 Å². The lowest BCUT2D eigenvalue weighted by molar-refractivity contribution is -0.148. The molecular formula is C33H47N5O5. The average molecular weight is 594 g/mol. The van der Waals surface area contributed by atoms with E-state index in [2.05, 4.69) is 10.2 Å². The fourth-order valence-electron chi connectivity index (χ4n) is 8.28. The van der Waals surface area contributed by atoms with E-state index in [1.165, 1.54) is 0 Å². The SMILES string of the molecule is CC(=O)N1CCC(N2CCC(C(=O)N3C[C@H]4COC[C@@H](C3)C4NC(=O)C3CC(=O)N(c4c(C)cccc4C)C3)CC2)CC1. The summed E-state index contributed by atoms with van der Waals surface area (Å²) in [6.07, 6.45) is 4.00. The highest BCUT2D eigenvalue weighted by Gasteiger charge is 2.45. The standard InChI is InChI=1S/C33H47N5O5/c1-21-5-4-6-22(2)31(21)38-18-25(15-29(38)40)32(41)34-30-26-16-37(17-27(30)20-43-19-26)33(42)24-7-11-36(12-8-24)28-9-13-35(14-10-28)23(3)39/h4-6,24-28,30H,7-20H2,1-3H3,(H,34,41)/t25?,26-,27+,30?. The number of amides is 4. The molecule has 5 aliphatic heterocycles. The number of fused-ring (bicyclic) bond motifs is 2. The van der Waals surface area contributed by atoms with Gasteiger partial charge in [-0.15, -0.1) is 0 Å². The maximum atomic E-state index is 13.7. The Kier molecular flexibility index (Phi) is 8.78. The van der Waals surface area contributed by atoms with Gasteiger partial charge < -0.3 is 29.7 Å². The third-order valence-corrected chi connectivity index (χ3v) is 10.7. The second kappa shape index (κ2) is 12.6. The Bertz CT molecular complexity index is 1200. The molecule has 2 unspecified atom stereocenters. The first-order chi connectivity index (χ1) is 20.7. The molecule has 10 nitrogen and oxygen atoms in total. The van der Waals surface area contributed by atoms with E-state index in [1.54, 1.807) is 11.8 Å². The summed E-state index contributed by atoms with van der Waals surface area (Å²) in [5.41, 5.74) is 3.00. The fourth-order valence-corrected chi connectivity index (χ4v) is 8.28. The van der Waals surface area contributed by atoms with Crippen LogP contribution in [0.15, 0.2) is 18.2 Å². The first-order valence-electron chi connectivity index (χ1n) is 16.2. The molecule has 0 aromatic heterocycles. The number of aryl methyl sites for hydroxylation is 2. The summed E-state index contributed by atoms with van der Waals surface area (Å²) >= 11 is 0. The molecule has 234 valence electrons. The summed E-state index contributed by atoms with van der Waals surface area (Å²) in [5.74, 6) is 0.111. The van der Waals surface area contributed by atoms with Crippen LogP contribution in [0.2, 0.25) is 0 Å². The smallest absolute Gasteiger partial charge is 0.227 e. The highest BCUT2D eigenvalue weighted by Crippen LogP contribution is 2.34. The molecule has 5 aliphatic rings. The number of nitrogens with zero attached hydrogens (tertiary/aromatic N) is 4. The number of likely N-dealkylation sites (tertiary alicyclic amines) is 3. The van der Waals surface area contributed by atoms with Gasteiger partial charge in [-0.3, -0.25) is 19.2 Å². The maximum absolute atomic E-state index is 13.7. The van der Waals surface area contributed by atoms with Gasteiger partial charge in [-0.1, -0.05) is 18.2 Å². The monoisotopic (exact) mass is 593 g/mol. The Morgan fingerprint density at radius 3 is 2.07 bits per heavy atom. The Morgan fingerprint density at radius 2 is 1.47 bits per heavy atom. The number of carbonyl (C=O) groups is 4. The molecule has 0 saturated carbocycles. The van der Waals surface area contributed by atoms with Gasteiger partial charge in [-0.05, 0) is 63.7 Å². The summed E-state index contributed by atoms with van der Waals surface area (Å²) in [7, 11) is 0. The number of nitrogens with one attached hydrogen (secondary N) is 1. The van der Waals surface area contributed by atoms with Crippen molar-refractivity contribution in [2.75, 3.05) is 63.9 Å². The molecule has 1 aromatic rings. The Balaban J connectivity index is 1.01. The molecule has 0 radical (unpaired) electrons. The molecular weight excluding hydrogens is 546 g/mol. The van der Waals surface area contributed by atoms with Gasteiger partial charge in [0.2, 0.25) is 23.6 Å². The summed E-state index contributed by atoms with van der Waals surface area (Å²) < 4.78 is 5.89. The number of para-hydroxylation sites is 1. The zero-order valence-electron chi connectivity index (χ0n) is 25.9. The van der Waals surface area contributed by atoms with Crippen LogP contribution in [-0.2, 0) is 23.9 Å². The van der Waals surface area contributed by atoms with Crippen LogP contribution in [-0.4, -0.2) is 109 Å². The Morgan fingerprint density at radius 1 is 0.837 bits per heavy atom. The molecule has 5 saturated heterocycles. The number of ether oxygens (including phenoxy) is 1. The molecule has 5 fully saturated rings. The summed E-state index contributed by atoms with van der Waals surface area (Å²) in [5, 5.41) is 3.31. The number of hydrogen-bond acceptors (Lipinski definition) is 6. The van der Waals surface area contributed by atoms with E-state index in [0.717, 1.165) is 68.7 Å². The molecule has 0 spiro atoms. The lowest BCUT2D eigenvalue weighted by Crippen LogP contribution is -2.63. The minimum Gasteiger partial charge on any atom is -0.381 e. The molecule has 1 N–H and O–H groups in total.